The Hall–Kier alpha value is -4.15. The summed E-state index contributed by atoms with van der Waals surface area (Å²) in [5.41, 5.74) is 1.27. The summed E-state index contributed by atoms with van der Waals surface area (Å²) >= 11 is 0. The summed E-state index contributed by atoms with van der Waals surface area (Å²) in [6, 6.07) is 0.850. The second-order valence-electron chi connectivity index (χ2n) is 8.85. The van der Waals surface area contributed by atoms with Gasteiger partial charge in [-0.2, -0.15) is 18.3 Å². The normalized spacial score (nSPS) is 19.4. The van der Waals surface area contributed by atoms with Gasteiger partial charge in [-0.3, -0.25) is 9.59 Å². The molecule has 4 heterocycles. The van der Waals surface area contributed by atoms with E-state index in [4.69, 9.17) is 10.5 Å². The maximum atomic E-state index is 14.7. The van der Waals surface area contributed by atoms with Gasteiger partial charge in [0.1, 0.15) is 23.6 Å². The number of amides is 2. The summed E-state index contributed by atoms with van der Waals surface area (Å²) in [7, 11) is 1.18. The van der Waals surface area contributed by atoms with E-state index in [0.717, 1.165) is 16.9 Å². The molecule has 0 aromatic carbocycles. The zero-order valence-corrected chi connectivity index (χ0v) is 20.2. The highest BCUT2D eigenvalue weighted by atomic mass is 19.4. The van der Waals surface area contributed by atoms with Gasteiger partial charge in [0, 0.05) is 23.9 Å². The molecule has 4 rings (SSSR count). The zero-order valence-electron chi connectivity index (χ0n) is 20.2. The van der Waals surface area contributed by atoms with Crippen LogP contribution >= 0.6 is 0 Å². The fourth-order valence-electron chi connectivity index (χ4n) is 4.13. The third-order valence-electron chi connectivity index (χ3n) is 6.25. The molecule has 3 aromatic rings. The molecule has 39 heavy (non-hydrogen) atoms. The molecule has 4 N–H and O–H groups in total. The van der Waals surface area contributed by atoms with Crippen molar-refractivity contribution in [3.8, 4) is 17.1 Å². The number of nitrogens with two attached hydrogens (primary N) is 1. The molecular formula is C22H21F6N7O4. The van der Waals surface area contributed by atoms with Gasteiger partial charge in [0.25, 0.3) is 18.2 Å². The number of halogens is 6. The van der Waals surface area contributed by atoms with E-state index in [9.17, 15) is 41.0 Å². The Morgan fingerprint density at radius 3 is 2.54 bits per heavy atom. The fourth-order valence-corrected chi connectivity index (χ4v) is 4.13. The summed E-state index contributed by atoms with van der Waals surface area (Å²) in [4.78, 5) is 33.5. The Bertz CT molecular complexity index is 1430. The zero-order chi connectivity index (χ0) is 28.9. The number of ether oxygens (including phenoxy) is 1. The van der Waals surface area contributed by atoms with Crippen molar-refractivity contribution in [2.75, 3.05) is 25.9 Å². The van der Waals surface area contributed by atoms with Gasteiger partial charge in [-0.1, -0.05) is 0 Å². The van der Waals surface area contributed by atoms with Gasteiger partial charge >= 0.3 is 6.18 Å². The van der Waals surface area contributed by atoms with Crippen molar-refractivity contribution in [2.45, 2.75) is 37.3 Å². The molecule has 17 heteroatoms. The quantitative estimate of drug-likeness (QED) is 0.387. The van der Waals surface area contributed by atoms with E-state index in [2.05, 4.69) is 20.4 Å². The first-order valence-electron chi connectivity index (χ1n) is 11.2. The highest BCUT2D eigenvalue weighted by molar-refractivity contribution is 5.98. The second-order valence-corrected chi connectivity index (χ2v) is 8.85. The van der Waals surface area contributed by atoms with E-state index in [0.29, 0.717) is 4.90 Å². The molecule has 210 valence electrons. The van der Waals surface area contributed by atoms with E-state index in [1.54, 1.807) is 0 Å². The van der Waals surface area contributed by atoms with E-state index in [1.807, 2.05) is 0 Å². The first-order valence-corrected chi connectivity index (χ1v) is 11.2. The smallest absolute Gasteiger partial charge is 0.426 e. The van der Waals surface area contributed by atoms with Crippen LogP contribution in [0, 0.1) is 0 Å². The van der Waals surface area contributed by atoms with E-state index >= 15 is 0 Å². The Morgan fingerprint density at radius 1 is 1.23 bits per heavy atom. The second kappa shape index (κ2) is 9.87. The first-order chi connectivity index (χ1) is 18.2. The summed E-state index contributed by atoms with van der Waals surface area (Å²) in [6.07, 6.45) is -7.97. The van der Waals surface area contributed by atoms with Crippen molar-refractivity contribution in [2.24, 2.45) is 0 Å². The molecule has 2 amide bonds. The number of hydrogen-bond donors (Lipinski definition) is 3. The molecule has 1 saturated heterocycles. The number of likely N-dealkylation sites (tertiary alicyclic amines) is 1. The van der Waals surface area contributed by atoms with E-state index in [-0.39, 0.29) is 41.0 Å². The Kier molecular flexibility index (Phi) is 7.05. The lowest BCUT2D eigenvalue weighted by atomic mass is 10.1. The highest BCUT2D eigenvalue weighted by Crippen LogP contribution is 2.35. The maximum Gasteiger partial charge on any atom is 0.426 e. The largest absolute Gasteiger partial charge is 0.480 e. The summed E-state index contributed by atoms with van der Waals surface area (Å²) < 4.78 is 87.3. The number of nitrogen functional groups attached to an aromatic ring is 1. The van der Waals surface area contributed by atoms with Crippen LogP contribution in [0.15, 0.2) is 24.7 Å². The number of alkyl halides is 6. The minimum absolute atomic E-state index is 0.0639. The number of carbonyl (C=O) groups is 2. The molecule has 0 unspecified atom stereocenters. The van der Waals surface area contributed by atoms with Crippen molar-refractivity contribution in [1.29, 1.82) is 0 Å². The fraction of sp³-hybridized carbons (Fsp3) is 0.409. The van der Waals surface area contributed by atoms with Crippen LogP contribution in [-0.2, 0) is 4.79 Å². The number of nitrogens with zero attached hydrogens (tertiary/aromatic N) is 5. The van der Waals surface area contributed by atoms with Crippen LogP contribution in [0.3, 0.4) is 0 Å². The number of carbonyl (C=O) groups excluding carboxylic acids is 2. The van der Waals surface area contributed by atoms with Crippen LogP contribution < -0.4 is 15.8 Å². The summed E-state index contributed by atoms with van der Waals surface area (Å²) in [6.45, 7) is -1.22. The Labute approximate surface area is 215 Å². The van der Waals surface area contributed by atoms with Gasteiger partial charge < -0.3 is 25.8 Å². The average Bonchev–Trinajstić information content (AvgIpc) is 3.44. The van der Waals surface area contributed by atoms with Crippen molar-refractivity contribution in [3.05, 3.63) is 35.8 Å². The van der Waals surface area contributed by atoms with Crippen LogP contribution in [0.2, 0.25) is 0 Å². The van der Waals surface area contributed by atoms with Crippen molar-refractivity contribution in [3.63, 3.8) is 0 Å². The molecule has 0 radical (unpaired) electrons. The molecule has 0 aliphatic carbocycles. The van der Waals surface area contributed by atoms with Gasteiger partial charge in [-0.15, -0.1) is 0 Å². The minimum atomic E-state index is -5.31. The van der Waals surface area contributed by atoms with Gasteiger partial charge in [0.2, 0.25) is 11.5 Å². The standard InChI is InChI=1S/C22H21F6N7O4/c1-21(38,22(26,27)28)20(37)34-6-12(23)13(7-34)33-18(36)11-3-9(5-30-19(11)39-2)14-4-10(16(24)25)15-17(29)31-8-32-35(14)15/h3-5,8,12-13,16,38H,6-7H2,1-2H3,(H,33,36)(H2,29,31,32)/t12-,13+,21+/m0/s1. The number of rotatable bonds is 6. The number of aromatic nitrogens is 4. The number of nitrogens with one attached hydrogen (secondary N) is 1. The molecule has 3 atom stereocenters. The molecule has 0 saturated carbocycles. The lowest BCUT2D eigenvalue weighted by Gasteiger charge is -2.29. The molecular weight excluding hydrogens is 540 g/mol. The lowest BCUT2D eigenvalue weighted by molar-refractivity contribution is -0.249. The number of aliphatic hydroxyl groups is 1. The van der Waals surface area contributed by atoms with Crippen LogP contribution in [-0.4, -0.2) is 85.6 Å². The first kappa shape index (κ1) is 27.9. The third kappa shape index (κ3) is 4.88. The number of hydrogen-bond acceptors (Lipinski definition) is 8. The van der Waals surface area contributed by atoms with Crippen molar-refractivity contribution < 1.29 is 45.8 Å². The van der Waals surface area contributed by atoms with Gasteiger partial charge in [0.05, 0.1) is 25.4 Å². The molecule has 1 aliphatic rings. The average molecular weight is 561 g/mol. The van der Waals surface area contributed by atoms with Gasteiger partial charge in [0.15, 0.2) is 5.82 Å². The number of pyridine rings is 1. The van der Waals surface area contributed by atoms with Crippen LogP contribution in [0.1, 0.15) is 29.3 Å². The Balaban J connectivity index is 1.63. The molecule has 1 fully saturated rings. The maximum absolute atomic E-state index is 14.7. The Morgan fingerprint density at radius 2 is 1.92 bits per heavy atom. The monoisotopic (exact) mass is 561 g/mol. The van der Waals surface area contributed by atoms with Crippen LogP contribution in [0.5, 0.6) is 5.88 Å². The van der Waals surface area contributed by atoms with Crippen molar-refractivity contribution in [1.82, 2.24) is 29.8 Å². The van der Waals surface area contributed by atoms with Crippen molar-refractivity contribution >= 4 is 23.1 Å². The predicted octanol–water partition coefficient (Wildman–Crippen LogP) is 1.91. The number of fused-ring (bicyclic) bond motifs is 1. The molecule has 11 nitrogen and oxygen atoms in total. The summed E-state index contributed by atoms with van der Waals surface area (Å²) in [5.74, 6) is -3.20. The highest BCUT2D eigenvalue weighted by Gasteiger charge is 2.58. The molecule has 1 aliphatic heterocycles. The number of anilines is 1. The van der Waals surface area contributed by atoms with Gasteiger partial charge in [-0.25, -0.2) is 27.7 Å². The van der Waals surface area contributed by atoms with Crippen LogP contribution in [0.4, 0.5) is 32.2 Å². The van der Waals surface area contributed by atoms with Crippen LogP contribution in [0.25, 0.3) is 16.8 Å². The third-order valence-corrected chi connectivity index (χ3v) is 6.25. The van der Waals surface area contributed by atoms with Gasteiger partial charge in [-0.05, 0) is 19.1 Å². The SMILES string of the molecule is COc1ncc(-c2cc(C(F)F)c3c(N)ncnn23)cc1C(=O)N[C@@H]1CN(C(=O)[C@@](C)(O)C(F)(F)F)C[C@@H]1F. The number of methoxy groups -OCH3 is 1. The minimum Gasteiger partial charge on any atom is -0.480 e. The molecule has 0 bridgehead atoms. The van der Waals surface area contributed by atoms with E-state index in [1.165, 1.54) is 19.4 Å². The van der Waals surface area contributed by atoms with E-state index < -0.39 is 60.9 Å². The predicted molar refractivity (Wildman–Crippen MR) is 122 cm³/mol. The molecule has 0 spiro atoms. The summed E-state index contributed by atoms with van der Waals surface area (Å²) in [5, 5.41) is 15.8. The lowest BCUT2D eigenvalue weighted by Crippen LogP contribution is -2.56. The topological polar surface area (TPSA) is 148 Å². The molecule has 3 aromatic heterocycles.